The molecule has 2 aliphatic rings. The van der Waals surface area contributed by atoms with Crippen molar-refractivity contribution >= 4 is 15.9 Å². The Labute approximate surface area is 162 Å². The molecule has 0 spiro atoms. The maximum absolute atomic E-state index is 13.0. The van der Waals surface area contributed by atoms with Gasteiger partial charge in [-0.1, -0.05) is 24.6 Å². The van der Waals surface area contributed by atoms with E-state index in [9.17, 15) is 13.2 Å². The molecule has 2 N–H and O–H groups in total. The molecule has 150 valence electrons. The molecule has 8 heteroatoms. The highest BCUT2D eigenvalue weighted by Gasteiger charge is 2.37. The summed E-state index contributed by atoms with van der Waals surface area (Å²) in [5.41, 5.74) is 0. The van der Waals surface area contributed by atoms with Crippen molar-refractivity contribution in [2.75, 3.05) is 45.8 Å². The van der Waals surface area contributed by atoms with Crippen molar-refractivity contribution in [2.45, 2.75) is 36.6 Å². The Morgan fingerprint density at radius 3 is 2.59 bits per heavy atom. The normalized spacial score (nSPS) is 22.4. The van der Waals surface area contributed by atoms with Crippen LogP contribution in [0.5, 0.6) is 0 Å². The summed E-state index contributed by atoms with van der Waals surface area (Å²) >= 11 is 0. The number of hydrogen-bond acceptors (Lipinski definition) is 5. The highest BCUT2D eigenvalue weighted by Crippen LogP contribution is 2.25. The number of carbonyl (C=O) groups excluding carboxylic acids is 1. The fourth-order valence-electron chi connectivity index (χ4n) is 3.75. The van der Waals surface area contributed by atoms with E-state index in [2.05, 4.69) is 15.5 Å². The predicted octanol–water partition coefficient (Wildman–Crippen LogP) is 0.641. The third-order valence-corrected chi connectivity index (χ3v) is 7.19. The average Bonchev–Trinajstić information content (AvgIpc) is 2.72. The van der Waals surface area contributed by atoms with Crippen molar-refractivity contribution in [1.29, 1.82) is 0 Å². The van der Waals surface area contributed by atoms with Gasteiger partial charge in [-0.05, 0) is 37.9 Å². The van der Waals surface area contributed by atoms with Crippen molar-refractivity contribution in [2.24, 2.45) is 0 Å². The molecule has 1 aromatic rings. The highest BCUT2D eigenvalue weighted by molar-refractivity contribution is 7.89. The Hall–Kier alpha value is -1.48. The Balaban J connectivity index is 1.55. The van der Waals surface area contributed by atoms with Gasteiger partial charge in [0.25, 0.3) is 0 Å². The van der Waals surface area contributed by atoms with Gasteiger partial charge in [-0.25, -0.2) is 8.42 Å². The van der Waals surface area contributed by atoms with Crippen LogP contribution in [0, 0.1) is 0 Å². The summed E-state index contributed by atoms with van der Waals surface area (Å²) in [6.45, 7) is 6.05. The van der Waals surface area contributed by atoms with Crippen LogP contribution in [-0.2, 0) is 14.8 Å². The lowest BCUT2D eigenvalue weighted by atomic mass is 10.0. The molecule has 2 aliphatic heterocycles. The topological polar surface area (TPSA) is 81.8 Å². The van der Waals surface area contributed by atoms with E-state index in [0.29, 0.717) is 19.5 Å². The molecule has 1 aromatic carbocycles. The first-order chi connectivity index (χ1) is 13.1. The molecule has 0 saturated carbocycles. The van der Waals surface area contributed by atoms with Crippen LogP contribution in [0.3, 0.4) is 0 Å². The van der Waals surface area contributed by atoms with Crippen LogP contribution in [-0.4, -0.2) is 75.4 Å². The lowest BCUT2D eigenvalue weighted by Gasteiger charge is -2.33. The second-order valence-corrected chi connectivity index (χ2v) is 9.07. The monoisotopic (exact) mass is 394 g/mol. The third kappa shape index (κ3) is 5.28. The van der Waals surface area contributed by atoms with Gasteiger partial charge in [-0.3, -0.25) is 4.79 Å². The molecule has 27 heavy (non-hydrogen) atoms. The third-order valence-electron chi connectivity index (χ3n) is 5.27. The summed E-state index contributed by atoms with van der Waals surface area (Å²) in [5, 5.41) is 6.28. The van der Waals surface area contributed by atoms with Gasteiger partial charge in [0.1, 0.15) is 6.04 Å². The average molecular weight is 395 g/mol. The number of amides is 1. The first-order valence-electron chi connectivity index (χ1n) is 9.87. The number of sulfonamides is 1. The van der Waals surface area contributed by atoms with Gasteiger partial charge in [0.2, 0.25) is 15.9 Å². The summed E-state index contributed by atoms with van der Waals surface area (Å²) < 4.78 is 27.3. The van der Waals surface area contributed by atoms with E-state index < -0.39 is 16.1 Å². The molecule has 1 amide bonds. The zero-order valence-corrected chi connectivity index (χ0v) is 16.6. The van der Waals surface area contributed by atoms with Gasteiger partial charge in [0.05, 0.1) is 4.90 Å². The number of piperazine rings is 1. The Morgan fingerprint density at radius 1 is 1.11 bits per heavy atom. The van der Waals surface area contributed by atoms with Gasteiger partial charge in [-0.15, -0.1) is 0 Å². The van der Waals surface area contributed by atoms with Gasteiger partial charge in [0, 0.05) is 39.3 Å². The molecule has 0 radical (unpaired) electrons. The number of hydrogen-bond donors (Lipinski definition) is 2. The Bertz CT molecular complexity index is 705. The molecule has 2 heterocycles. The Kier molecular flexibility index (Phi) is 7.23. The number of benzene rings is 1. The smallest absolute Gasteiger partial charge is 0.243 e. The predicted molar refractivity (Wildman–Crippen MR) is 105 cm³/mol. The van der Waals surface area contributed by atoms with Gasteiger partial charge in [-0.2, -0.15) is 4.31 Å². The molecule has 2 saturated heterocycles. The summed E-state index contributed by atoms with van der Waals surface area (Å²) in [7, 11) is -3.65. The molecule has 1 atom stereocenters. The van der Waals surface area contributed by atoms with E-state index in [-0.39, 0.29) is 10.8 Å². The van der Waals surface area contributed by atoms with E-state index in [1.54, 1.807) is 30.3 Å². The summed E-state index contributed by atoms with van der Waals surface area (Å²) in [6, 6.07) is 7.78. The van der Waals surface area contributed by atoms with Gasteiger partial charge < -0.3 is 15.5 Å². The Morgan fingerprint density at radius 2 is 1.85 bits per heavy atom. The molecular formula is C19H30N4O3S. The number of nitrogens with one attached hydrogen (secondary N) is 2. The minimum absolute atomic E-state index is 0.172. The van der Waals surface area contributed by atoms with Crippen molar-refractivity contribution in [3.8, 4) is 0 Å². The molecule has 0 bridgehead atoms. The van der Waals surface area contributed by atoms with Crippen LogP contribution < -0.4 is 10.6 Å². The van der Waals surface area contributed by atoms with Crippen molar-refractivity contribution in [1.82, 2.24) is 19.8 Å². The fourth-order valence-corrected chi connectivity index (χ4v) is 5.43. The van der Waals surface area contributed by atoms with Gasteiger partial charge >= 0.3 is 0 Å². The number of rotatable bonds is 7. The highest BCUT2D eigenvalue weighted by atomic mass is 32.2. The number of piperidine rings is 1. The molecule has 0 aliphatic carbocycles. The second-order valence-electron chi connectivity index (χ2n) is 7.18. The minimum atomic E-state index is -3.65. The van der Waals surface area contributed by atoms with E-state index >= 15 is 0 Å². The lowest BCUT2D eigenvalue weighted by Crippen LogP contribution is -2.52. The summed E-state index contributed by atoms with van der Waals surface area (Å²) in [6.07, 6.45) is 3.12. The molecule has 7 nitrogen and oxygen atoms in total. The van der Waals surface area contributed by atoms with E-state index in [4.69, 9.17) is 0 Å². The first kappa shape index (κ1) is 20.3. The zero-order chi connectivity index (χ0) is 19.1. The van der Waals surface area contributed by atoms with Crippen LogP contribution in [0.1, 0.15) is 25.7 Å². The molecule has 0 aromatic heterocycles. The van der Waals surface area contributed by atoms with Crippen LogP contribution in [0.4, 0.5) is 0 Å². The quantitative estimate of drug-likeness (QED) is 0.664. The molecule has 2 fully saturated rings. The van der Waals surface area contributed by atoms with E-state index in [0.717, 1.165) is 52.0 Å². The minimum Gasteiger partial charge on any atom is -0.355 e. The largest absolute Gasteiger partial charge is 0.355 e. The maximum atomic E-state index is 13.0. The molecular weight excluding hydrogens is 364 g/mol. The van der Waals surface area contributed by atoms with Gasteiger partial charge in [0.15, 0.2) is 0 Å². The number of nitrogens with zero attached hydrogens (tertiary/aromatic N) is 2. The summed E-state index contributed by atoms with van der Waals surface area (Å²) in [4.78, 5) is 15.3. The van der Waals surface area contributed by atoms with Crippen molar-refractivity contribution < 1.29 is 13.2 Å². The van der Waals surface area contributed by atoms with E-state index in [1.165, 1.54) is 4.31 Å². The maximum Gasteiger partial charge on any atom is 0.243 e. The van der Waals surface area contributed by atoms with Crippen molar-refractivity contribution in [3.63, 3.8) is 0 Å². The summed E-state index contributed by atoms with van der Waals surface area (Å²) in [5.74, 6) is -0.172. The second kappa shape index (κ2) is 9.64. The van der Waals surface area contributed by atoms with Crippen LogP contribution in [0.15, 0.2) is 35.2 Å². The fraction of sp³-hybridized carbons (Fsp3) is 0.632. The standard InChI is InChI=1S/C19H30N4O3S/c24-19(21-10-6-13-22-15-11-20-12-16-22)18-9-4-5-14-23(18)27(25,26)17-7-2-1-3-8-17/h1-3,7-8,18,20H,4-6,9-16H2,(H,21,24). The SMILES string of the molecule is O=C(NCCCN1CCNCC1)C1CCCCN1S(=O)(=O)c1ccccc1. The molecule has 3 rings (SSSR count). The lowest BCUT2D eigenvalue weighted by molar-refractivity contribution is -0.125. The number of carbonyl (C=O) groups is 1. The van der Waals surface area contributed by atoms with E-state index in [1.807, 2.05) is 0 Å². The van der Waals surface area contributed by atoms with Crippen molar-refractivity contribution in [3.05, 3.63) is 30.3 Å². The molecule has 1 unspecified atom stereocenters. The van der Waals surface area contributed by atoms with Crippen LogP contribution in [0.2, 0.25) is 0 Å². The van der Waals surface area contributed by atoms with Crippen LogP contribution in [0.25, 0.3) is 0 Å². The zero-order valence-electron chi connectivity index (χ0n) is 15.8. The van der Waals surface area contributed by atoms with Crippen LogP contribution >= 0.6 is 0 Å². The first-order valence-corrected chi connectivity index (χ1v) is 11.3.